The molecule has 0 heterocycles. The highest BCUT2D eigenvalue weighted by Crippen LogP contribution is 2.22. The number of anilines is 1. The third kappa shape index (κ3) is 4.05. The van der Waals surface area contributed by atoms with Crippen LogP contribution in [0.3, 0.4) is 0 Å². The number of para-hydroxylation sites is 1. The summed E-state index contributed by atoms with van der Waals surface area (Å²) in [6.45, 7) is 0. The van der Waals surface area contributed by atoms with Gasteiger partial charge in [0.25, 0.3) is 11.6 Å². The van der Waals surface area contributed by atoms with E-state index in [-0.39, 0.29) is 16.9 Å². The van der Waals surface area contributed by atoms with Gasteiger partial charge in [-0.05, 0) is 29.0 Å². The first-order valence-corrected chi connectivity index (χ1v) is 9.93. The van der Waals surface area contributed by atoms with Crippen molar-refractivity contribution in [3.63, 3.8) is 0 Å². The predicted molar refractivity (Wildman–Crippen MR) is 122 cm³/mol. The number of nitrogens with two attached hydrogens (primary N) is 1. The van der Waals surface area contributed by atoms with Crippen LogP contribution in [-0.2, 0) is 4.79 Å². The predicted octanol–water partition coefficient (Wildman–Crippen LogP) is 3.54. The number of amides is 1. The number of ketones is 2. The minimum atomic E-state index is -2.81. The SMILES string of the molecule is NC(O)(C(=O)Nc1ccccc1)C(=O)c1cccc(C(=O)c2cccc3ccccc23)c1. The van der Waals surface area contributed by atoms with Crippen LogP contribution in [0.15, 0.2) is 97.1 Å². The molecule has 0 aliphatic carbocycles. The fourth-order valence-electron chi connectivity index (χ4n) is 3.45. The lowest BCUT2D eigenvalue weighted by Crippen LogP contribution is -2.57. The first kappa shape index (κ1) is 21.1. The van der Waals surface area contributed by atoms with Crippen LogP contribution < -0.4 is 11.1 Å². The molecule has 0 aliphatic heterocycles. The Morgan fingerprint density at radius 2 is 1.38 bits per heavy atom. The topological polar surface area (TPSA) is 109 Å². The van der Waals surface area contributed by atoms with Gasteiger partial charge in [0.15, 0.2) is 5.78 Å². The van der Waals surface area contributed by atoms with Crippen LogP contribution in [0.1, 0.15) is 26.3 Å². The fourth-order valence-corrected chi connectivity index (χ4v) is 3.45. The molecule has 0 aromatic heterocycles. The molecule has 0 fully saturated rings. The largest absolute Gasteiger partial charge is 0.361 e. The molecular formula is C26H20N2O4. The van der Waals surface area contributed by atoms with Gasteiger partial charge in [0, 0.05) is 22.4 Å². The lowest BCUT2D eigenvalue weighted by molar-refractivity contribution is -0.129. The maximum atomic E-state index is 13.2. The van der Waals surface area contributed by atoms with Gasteiger partial charge in [-0.2, -0.15) is 0 Å². The molecule has 0 radical (unpaired) electrons. The summed E-state index contributed by atoms with van der Waals surface area (Å²) in [7, 11) is 0. The number of aliphatic hydroxyl groups is 1. The zero-order valence-electron chi connectivity index (χ0n) is 17.0. The number of rotatable bonds is 6. The fraction of sp³-hybridized carbons (Fsp3) is 0.0385. The van der Waals surface area contributed by atoms with Crippen LogP contribution in [-0.4, -0.2) is 28.3 Å². The maximum Gasteiger partial charge on any atom is 0.279 e. The summed E-state index contributed by atoms with van der Waals surface area (Å²) in [6.07, 6.45) is 0. The van der Waals surface area contributed by atoms with Gasteiger partial charge in [0.1, 0.15) is 0 Å². The number of fused-ring (bicyclic) bond motifs is 1. The Hall–Kier alpha value is -4.13. The Kier molecular flexibility index (Phi) is 5.64. The number of Topliss-reactive ketones (excluding diaryl/α,β-unsaturated/α-hetero) is 1. The second kappa shape index (κ2) is 8.55. The molecule has 32 heavy (non-hydrogen) atoms. The Morgan fingerprint density at radius 1 is 0.750 bits per heavy atom. The molecule has 0 saturated heterocycles. The normalized spacial score (nSPS) is 12.7. The van der Waals surface area contributed by atoms with Gasteiger partial charge in [0.2, 0.25) is 5.78 Å². The number of nitrogens with one attached hydrogen (secondary N) is 1. The minimum Gasteiger partial charge on any atom is -0.361 e. The van der Waals surface area contributed by atoms with Crippen LogP contribution in [0.4, 0.5) is 5.69 Å². The molecule has 4 aromatic rings. The van der Waals surface area contributed by atoms with E-state index < -0.39 is 17.4 Å². The monoisotopic (exact) mass is 424 g/mol. The van der Waals surface area contributed by atoms with E-state index in [0.29, 0.717) is 11.3 Å². The molecule has 4 aromatic carbocycles. The van der Waals surface area contributed by atoms with E-state index in [9.17, 15) is 19.5 Å². The minimum absolute atomic E-state index is 0.0516. The van der Waals surface area contributed by atoms with Gasteiger partial charge >= 0.3 is 0 Å². The Bertz CT molecular complexity index is 1320. The molecule has 6 heteroatoms. The quantitative estimate of drug-likeness (QED) is 0.249. The van der Waals surface area contributed by atoms with Crippen molar-refractivity contribution in [1.29, 1.82) is 0 Å². The number of carbonyl (C=O) groups is 3. The third-order valence-corrected chi connectivity index (χ3v) is 5.15. The first-order chi connectivity index (χ1) is 15.4. The number of hydrogen-bond donors (Lipinski definition) is 3. The van der Waals surface area contributed by atoms with Crippen LogP contribution in [0.5, 0.6) is 0 Å². The van der Waals surface area contributed by atoms with E-state index in [2.05, 4.69) is 5.32 Å². The molecule has 1 unspecified atom stereocenters. The smallest absolute Gasteiger partial charge is 0.279 e. The summed E-state index contributed by atoms with van der Waals surface area (Å²) in [5.74, 6) is -2.37. The van der Waals surface area contributed by atoms with Gasteiger partial charge in [-0.3, -0.25) is 20.1 Å². The summed E-state index contributed by atoms with van der Waals surface area (Å²) in [5, 5.41) is 14.6. The molecule has 158 valence electrons. The second-order valence-corrected chi connectivity index (χ2v) is 7.35. The first-order valence-electron chi connectivity index (χ1n) is 9.93. The van der Waals surface area contributed by atoms with Gasteiger partial charge in [0.05, 0.1) is 0 Å². The van der Waals surface area contributed by atoms with Crippen molar-refractivity contribution >= 4 is 33.9 Å². The van der Waals surface area contributed by atoms with Gasteiger partial charge in [-0.1, -0.05) is 78.9 Å². The average Bonchev–Trinajstić information content (AvgIpc) is 2.83. The molecule has 0 saturated carbocycles. The lowest BCUT2D eigenvalue weighted by Gasteiger charge is -2.21. The number of benzene rings is 4. The van der Waals surface area contributed by atoms with Crippen LogP contribution in [0, 0.1) is 0 Å². The van der Waals surface area contributed by atoms with E-state index in [1.807, 2.05) is 30.3 Å². The van der Waals surface area contributed by atoms with Crippen molar-refractivity contribution in [3.05, 3.63) is 114 Å². The lowest BCUT2D eigenvalue weighted by atomic mass is 9.94. The summed E-state index contributed by atoms with van der Waals surface area (Å²) in [5.41, 5.74) is 3.95. The molecular weight excluding hydrogens is 404 g/mol. The summed E-state index contributed by atoms with van der Waals surface area (Å²) in [4.78, 5) is 38.5. The Morgan fingerprint density at radius 3 is 2.16 bits per heavy atom. The highest BCUT2D eigenvalue weighted by Gasteiger charge is 2.40. The summed E-state index contributed by atoms with van der Waals surface area (Å²) in [6, 6.07) is 27.1. The van der Waals surface area contributed by atoms with Gasteiger partial charge in [-0.25, -0.2) is 0 Å². The maximum absolute atomic E-state index is 13.2. The van der Waals surface area contributed by atoms with Crippen molar-refractivity contribution in [2.45, 2.75) is 5.72 Å². The van der Waals surface area contributed by atoms with Crippen molar-refractivity contribution in [1.82, 2.24) is 0 Å². The molecule has 4 N–H and O–H groups in total. The standard InChI is InChI=1S/C26H20N2O4/c27-26(32,25(31)28-20-12-2-1-3-13-20)24(30)19-11-6-10-18(16-19)23(29)22-15-7-9-17-8-4-5-14-21(17)22/h1-16,32H,27H2,(H,28,31). The van der Waals surface area contributed by atoms with E-state index in [1.54, 1.807) is 48.5 Å². The van der Waals surface area contributed by atoms with Gasteiger partial charge < -0.3 is 10.4 Å². The van der Waals surface area contributed by atoms with Crippen molar-refractivity contribution in [2.75, 3.05) is 5.32 Å². The molecule has 0 bridgehead atoms. The van der Waals surface area contributed by atoms with E-state index in [1.165, 1.54) is 18.2 Å². The van der Waals surface area contributed by atoms with Crippen LogP contribution >= 0.6 is 0 Å². The average molecular weight is 424 g/mol. The zero-order chi connectivity index (χ0) is 22.7. The molecule has 0 aliphatic rings. The van der Waals surface area contributed by atoms with Gasteiger partial charge in [-0.15, -0.1) is 0 Å². The van der Waals surface area contributed by atoms with Crippen LogP contribution in [0.25, 0.3) is 10.8 Å². The molecule has 1 amide bonds. The van der Waals surface area contributed by atoms with E-state index in [0.717, 1.165) is 10.8 Å². The number of carbonyl (C=O) groups excluding carboxylic acids is 3. The Labute approximate surface area is 184 Å². The van der Waals surface area contributed by atoms with Crippen molar-refractivity contribution in [3.8, 4) is 0 Å². The van der Waals surface area contributed by atoms with Crippen LogP contribution in [0.2, 0.25) is 0 Å². The zero-order valence-corrected chi connectivity index (χ0v) is 17.0. The second-order valence-electron chi connectivity index (χ2n) is 7.35. The third-order valence-electron chi connectivity index (χ3n) is 5.15. The molecule has 6 nitrogen and oxygen atoms in total. The molecule has 1 atom stereocenters. The summed E-state index contributed by atoms with van der Waals surface area (Å²) < 4.78 is 0. The van der Waals surface area contributed by atoms with Crippen molar-refractivity contribution < 1.29 is 19.5 Å². The Balaban J connectivity index is 1.62. The molecule has 4 rings (SSSR count). The summed E-state index contributed by atoms with van der Waals surface area (Å²) >= 11 is 0. The van der Waals surface area contributed by atoms with Crippen molar-refractivity contribution in [2.24, 2.45) is 5.73 Å². The van der Waals surface area contributed by atoms with E-state index >= 15 is 0 Å². The highest BCUT2D eigenvalue weighted by atomic mass is 16.3. The van der Waals surface area contributed by atoms with E-state index in [4.69, 9.17) is 5.73 Å². The molecule has 0 spiro atoms. The number of hydrogen-bond acceptors (Lipinski definition) is 5. The highest BCUT2D eigenvalue weighted by molar-refractivity contribution is 6.21.